The zero-order chi connectivity index (χ0) is 26.6. The average Bonchev–Trinajstić information content (AvgIpc) is 2.91. The highest BCUT2D eigenvalue weighted by atomic mass is 79.9. The van der Waals surface area contributed by atoms with Crippen molar-refractivity contribution in [2.24, 2.45) is 0 Å². The molecule has 0 aliphatic heterocycles. The van der Waals surface area contributed by atoms with Gasteiger partial charge in [-0.05, 0) is 67.3 Å². The summed E-state index contributed by atoms with van der Waals surface area (Å²) in [5.41, 5.74) is 1.97. The van der Waals surface area contributed by atoms with Gasteiger partial charge in [0.1, 0.15) is 11.8 Å². The van der Waals surface area contributed by atoms with Gasteiger partial charge in [0.05, 0.1) is 6.61 Å². The lowest BCUT2D eigenvalue weighted by molar-refractivity contribution is -0.141. The first-order chi connectivity index (χ1) is 17.9. The molecule has 5 nitrogen and oxygen atoms in total. The number of nitrogens with one attached hydrogen (secondary N) is 1. The van der Waals surface area contributed by atoms with Crippen LogP contribution in [0.5, 0.6) is 5.75 Å². The molecule has 0 spiro atoms. The first kappa shape index (κ1) is 28.7. The highest BCUT2D eigenvalue weighted by Crippen LogP contribution is 2.19. The number of halogens is 2. The van der Waals surface area contributed by atoms with Crippen LogP contribution >= 0.6 is 27.5 Å². The van der Waals surface area contributed by atoms with Crippen LogP contribution in [-0.4, -0.2) is 35.4 Å². The molecule has 3 aromatic carbocycles. The van der Waals surface area contributed by atoms with Crippen molar-refractivity contribution in [1.82, 2.24) is 10.2 Å². The zero-order valence-corrected chi connectivity index (χ0v) is 23.7. The van der Waals surface area contributed by atoms with Crippen LogP contribution in [0.1, 0.15) is 44.2 Å². The van der Waals surface area contributed by atoms with Crippen molar-refractivity contribution in [1.29, 1.82) is 0 Å². The molecule has 0 aliphatic rings. The van der Waals surface area contributed by atoms with Gasteiger partial charge in [-0.2, -0.15) is 0 Å². The summed E-state index contributed by atoms with van der Waals surface area (Å²) >= 11 is 9.41. The third kappa shape index (κ3) is 9.52. The lowest BCUT2D eigenvalue weighted by atomic mass is 10.0. The maximum atomic E-state index is 13.6. The molecule has 1 N–H and O–H groups in total. The largest absolute Gasteiger partial charge is 0.494 e. The Balaban J connectivity index is 1.78. The van der Waals surface area contributed by atoms with Crippen LogP contribution < -0.4 is 10.1 Å². The fraction of sp³-hybridized carbons (Fsp3) is 0.333. The SMILES string of the molecule is CC[C@H](C)NC(=O)[C@@H](Cc1ccccc1)N(Cc1ccc(Br)cc1)C(=O)CCCOc1ccc(Cl)cc1. The number of nitrogens with zero attached hydrogens (tertiary/aromatic N) is 1. The van der Waals surface area contributed by atoms with E-state index in [2.05, 4.69) is 21.2 Å². The number of carbonyl (C=O) groups is 2. The molecule has 3 rings (SSSR count). The van der Waals surface area contributed by atoms with E-state index in [1.807, 2.05) is 68.4 Å². The number of amides is 2. The van der Waals surface area contributed by atoms with Gasteiger partial charge in [0.25, 0.3) is 0 Å². The van der Waals surface area contributed by atoms with Crippen LogP contribution in [-0.2, 0) is 22.6 Å². The van der Waals surface area contributed by atoms with E-state index in [1.54, 1.807) is 29.2 Å². The summed E-state index contributed by atoms with van der Waals surface area (Å²) in [5.74, 6) is 0.488. The Kier molecular flexibility index (Phi) is 11.5. The van der Waals surface area contributed by atoms with E-state index >= 15 is 0 Å². The Morgan fingerprint density at radius 2 is 1.65 bits per heavy atom. The average molecular weight is 586 g/mol. The molecule has 7 heteroatoms. The minimum atomic E-state index is -0.635. The van der Waals surface area contributed by atoms with Gasteiger partial charge >= 0.3 is 0 Å². The summed E-state index contributed by atoms with van der Waals surface area (Å²) in [6, 6.07) is 24.2. The zero-order valence-electron chi connectivity index (χ0n) is 21.3. The van der Waals surface area contributed by atoms with Crippen molar-refractivity contribution < 1.29 is 14.3 Å². The summed E-state index contributed by atoms with van der Waals surface area (Å²) in [5, 5.41) is 3.74. The van der Waals surface area contributed by atoms with Crippen LogP contribution in [0.25, 0.3) is 0 Å². The number of rotatable bonds is 13. The van der Waals surface area contributed by atoms with E-state index in [-0.39, 0.29) is 24.3 Å². The lowest BCUT2D eigenvalue weighted by Gasteiger charge is -2.32. The molecule has 196 valence electrons. The molecule has 0 heterocycles. The third-order valence-electron chi connectivity index (χ3n) is 6.16. The fourth-order valence-electron chi connectivity index (χ4n) is 3.87. The van der Waals surface area contributed by atoms with Crippen molar-refractivity contribution in [3.8, 4) is 5.75 Å². The van der Waals surface area contributed by atoms with Crippen LogP contribution in [0.2, 0.25) is 5.02 Å². The Labute approximate surface area is 233 Å². The highest BCUT2D eigenvalue weighted by Gasteiger charge is 2.30. The van der Waals surface area contributed by atoms with Crippen LogP contribution in [0.4, 0.5) is 0 Å². The van der Waals surface area contributed by atoms with Gasteiger partial charge in [0, 0.05) is 34.9 Å². The van der Waals surface area contributed by atoms with Crippen molar-refractivity contribution in [2.45, 2.75) is 58.2 Å². The van der Waals surface area contributed by atoms with Crippen LogP contribution in [0.3, 0.4) is 0 Å². The predicted octanol–water partition coefficient (Wildman–Crippen LogP) is 6.82. The number of hydrogen-bond donors (Lipinski definition) is 1. The molecule has 3 aromatic rings. The van der Waals surface area contributed by atoms with Gasteiger partial charge in [0.2, 0.25) is 11.8 Å². The number of benzene rings is 3. The number of carbonyl (C=O) groups excluding carboxylic acids is 2. The second-order valence-corrected chi connectivity index (χ2v) is 10.4. The molecule has 0 saturated heterocycles. The Morgan fingerprint density at radius 1 is 0.973 bits per heavy atom. The van der Waals surface area contributed by atoms with E-state index < -0.39 is 6.04 Å². The summed E-state index contributed by atoms with van der Waals surface area (Å²) < 4.78 is 6.74. The van der Waals surface area contributed by atoms with E-state index in [0.717, 1.165) is 22.0 Å². The van der Waals surface area contributed by atoms with Gasteiger partial charge in [-0.15, -0.1) is 0 Å². The van der Waals surface area contributed by atoms with Gasteiger partial charge in [0.15, 0.2) is 0 Å². The summed E-state index contributed by atoms with van der Waals surface area (Å²) in [6.07, 6.45) is 2.05. The van der Waals surface area contributed by atoms with E-state index in [0.29, 0.717) is 36.8 Å². The first-order valence-electron chi connectivity index (χ1n) is 12.6. The fourth-order valence-corrected chi connectivity index (χ4v) is 4.26. The topological polar surface area (TPSA) is 58.6 Å². The Bertz CT molecular complexity index is 1120. The Hall–Kier alpha value is -2.83. The molecule has 0 bridgehead atoms. The minimum Gasteiger partial charge on any atom is -0.494 e. The molecule has 0 aliphatic carbocycles. The maximum Gasteiger partial charge on any atom is 0.243 e. The van der Waals surface area contributed by atoms with Crippen molar-refractivity contribution in [2.75, 3.05) is 6.61 Å². The minimum absolute atomic E-state index is 0.0168. The second-order valence-electron chi connectivity index (χ2n) is 9.08. The van der Waals surface area contributed by atoms with Crippen molar-refractivity contribution >= 4 is 39.3 Å². The molecule has 0 fully saturated rings. The van der Waals surface area contributed by atoms with Crippen LogP contribution in [0.15, 0.2) is 83.3 Å². The molecule has 2 amide bonds. The van der Waals surface area contributed by atoms with Crippen LogP contribution in [0, 0.1) is 0 Å². The molecule has 37 heavy (non-hydrogen) atoms. The number of hydrogen-bond acceptors (Lipinski definition) is 3. The standard InChI is InChI=1S/C30H34BrClN2O3/c1-3-22(2)33-30(36)28(20-23-8-5-4-6-9-23)34(21-24-11-13-25(31)14-12-24)29(35)10-7-19-37-27-17-15-26(32)16-18-27/h4-6,8-9,11-18,22,28H,3,7,10,19-21H2,1-2H3,(H,33,36)/t22-,28+/m0/s1. The quantitative estimate of drug-likeness (QED) is 0.224. The van der Waals surface area contributed by atoms with E-state index in [4.69, 9.17) is 16.3 Å². The predicted molar refractivity (Wildman–Crippen MR) is 153 cm³/mol. The van der Waals surface area contributed by atoms with Gasteiger partial charge < -0.3 is 15.0 Å². The Morgan fingerprint density at radius 3 is 2.30 bits per heavy atom. The smallest absolute Gasteiger partial charge is 0.243 e. The normalized spacial score (nSPS) is 12.4. The second kappa shape index (κ2) is 14.8. The molecule has 2 atom stereocenters. The summed E-state index contributed by atoms with van der Waals surface area (Å²) in [6.45, 7) is 4.74. The monoisotopic (exact) mass is 584 g/mol. The van der Waals surface area contributed by atoms with Gasteiger partial charge in [-0.1, -0.05) is 76.9 Å². The molecule has 0 saturated carbocycles. The molecule has 0 aromatic heterocycles. The van der Waals surface area contributed by atoms with E-state index in [9.17, 15) is 9.59 Å². The molecular weight excluding hydrogens is 552 g/mol. The van der Waals surface area contributed by atoms with Gasteiger partial charge in [-0.25, -0.2) is 0 Å². The molecule has 0 radical (unpaired) electrons. The summed E-state index contributed by atoms with van der Waals surface area (Å²) in [4.78, 5) is 28.8. The lowest BCUT2D eigenvalue weighted by Crippen LogP contribution is -2.52. The number of ether oxygens (including phenoxy) is 1. The first-order valence-corrected chi connectivity index (χ1v) is 13.8. The van der Waals surface area contributed by atoms with Gasteiger partial charge in [-0.3, -0.25) is 9.59 Å². The third-order valence-corrected chi connectivity index (χ3v) is 6.94. The maximum absolute atomic E-state index is 13.6. The molecule has 0 unspecified atom stereocenters. The van der Waals surface area contributed by atoms with Crippen molar-refractivity contribution in [3.05, 3.63) is 99.5 Å². The molecular formula is C30H34BrClN2O3. The van der Waals surface area contributed by atoms with Crippen molar-refractivity contribution in [3.63, 3.8) is 0 Å². The highest BCUT2D eigenvalue weighted by molar-refractivity contribution is 9.10. The van der Waals surface area contributed by atoms with E-state index in [1.165, 1.54) is 0 Å². The summed E-state index contributed by atoms with van der Waals surface area (Å²) in [7, 11) is 0.